The molecule has 0 atom stereocenters. The molecule has 0 spiro atoms. The van der Waals surface area contributed by atoms with E-state index in [1.807, 2.05) is 153 Å². The first-order chi connectivity index (χ1) is 29.0. The molecular formula is C50H51Cl4NO5. The molecule has 6 aromatic carbocycles. The van der Waals surface area contributed by atoms with Gasteiger partial charge in [0, 0.05) is 72.1 Å². The maximum Gasteiger partial charge on any atom is 0.253 e. The van der Waals surface area contributed by atoms with Crippen molar-refractivity contribution in [2.24, 2.45) is 0 Å². The molecule has 60 heavy (non-hydrogen) atoms. The van der Waals surface area contributed by atoms with Crippen molar-refractivity contribution >= 4 is 58.1 Å². The summed E-state index contributed by atoms with van der Waals surface area (Å²) in [5.74, 6) is 0.194. The van der Waals surface area contributed by atoms with Crippen molar-refractivity contribution in [3.05, 3.63) is 175 Å². The second-order valence-electron chi connectivity index (χ2n) is 13.6. The molecule has 314 valence electrons. The average molecular weight is 888 g/mol. The highest BCUT2D eigenvalue weighted by Gasteiger charge is 2.16. The molecule has 0 aromatic heterocycles. The molecule has 0 fully saturated rings. The number of Topliss-reactive ketones (excluding diaryl/α,β-unsaturated/α-hetero) is 1. The SMILES string of the molecule is CCC(=O)c1ccc(-c2ccc(Cl)cc2)c(COC)c1.CCN(CC)C(=O)c1ccc(-c2ccc(Cl)cc2)c(COC)c1.COCc1cc(Cl)ccc1-c1ccc(Cl)cc1. The van der Waals surface area contributed by atoms with Crippen molar-refractivity contribution < 1.29 is 23.8 Å². The highest BCUT2D eigenvalue weighted by Crippen LogP contribution is 2.30. The minimum Gasteiger partial charge on any atom is -0.380 e. The fourth-order valence-corrected chi connectivity index (χ4v) is 7.08. The molecule has 0 bridgehead atoms. The van der Waals surface area contributed by atoms with Gasteiger partial charge in [-0.05, 0) is 131 Å². The van der Waals surface area contributed by atoms with Crippen LogP contribution in [-0.4, -0.2) is 51.0 Å². The Morgan fingerprint density at radius 3 is 1.15 bits per heavy atom. The summed E-state index contributed by atoms with van der Waals surface area (Å²) < 4.78 is 15.7. The summed E-state index contributed by atoms with van der Waals surface area (Å²) in [5.41, 5.74) is 11.0. The molecular weight excluding hydrogens is 836 g/mol. The Morgan fingerprint density at radius 1 is 0.450 bits per heavy atom. The number of ketones is 1. The summed E-state index contributed by atoms with van der Waals surface area (Å²) in [7, 11) is 4.98. The molecule has 0 saturated heterocycles. The number of methoxy groups -OCH3 is 3. The molecule has 0 saturated carbocycles. The normalized spacial score (nSPS) is 10.6. The summed E-state index contributed by atoms with van der Waals surface area (Å²) in [6, 6.07) is 40.4. The molecule has 0 unspecified atom stereocenters. The van der Waals surface area contributed by atoms with Crippen molar-refractivity contribution in [1.29, 1.82) is 0 Å². The highest BCUT2D eigenvalue weighted by atomic mass is 35.5. The number of rotatable bonds is 14. The van der Waals surface area contributed by atoms with E-state index in [9.17, 15) is 9.59 Å². The van der Waals surface area contributed by atoms with Gasteiger partial charge in [-0.3, -0.25) is 9.59 Å². The number of benzene rings is 6. The molecule has 0 N–H and O–H groups in total. The number of carbonyl (C=O) groups is 2. The summed E-state index contributed by atoms with van der Waals surface area (Å²) in [5, 5.41) is 2.86. The lowest BCUT2D eigenvalue weighted by Crippen LogP contribution is -2.30. The van der Waals surface area contributed by atoms with E-state index in [2.05, 4.69) is 0 Å². The highest BCUT2D eigenvalue weighted by molar-refractivity contribution is 6.31. The second kappa shape index (κ2) is 24.7. The van der Waals surface area contributed by atoms with E-state index < -0.39 is 0 Å². The Balaban J connectivity index is 0.000000201. The Bertz CT molecular complexity index is 2290. The van der Waals surface area contributed by atoms with Crippen molar-refractivity contribution in [2.75, 3.05) is 34.4 Å². The molecule has 6 nitrogen and oxygen atoms in total. The molecule has 6 rings (SSSR count). The Kier molecular flexibility index (Phi) is 19.8. The van der Waals surface area contributed by atoms with E-state index in [1.54, 1.807) is 21.3 Å². The van der Waals surface area contributed by atoms with Crippen molar-refractivity contribution in [1.82, 2.24) is 4.90 Å². The lowest BCUT2D eigenvalue weighted by atomic mass is 9.96. The quantitative estimate of drug-likeness (QED) is 0.102. The maximum absolute atomic E-state index is 12.5. The molecule has 6 aromatic rings. The minimum atomic E-state index is 0.0509. The van der Waals surface area contributed by atoms with E-state index in [0.29, 0.717) is 54.9 Å². The van der Waals surface area contributed by atoms with Crippen LogP contribution in [-0.2, 0) is 34.0 Å². The van der Waals surface area contributed by atoms with Gasteiger partial charge in [0.1, 0.15) is 0 Å². The monoisotopic (exact) mass is 885 g/mol. The van der Waals surface area contributed by atoms with Crippen LogP contribution in [0.5, 0.6) is 0 Å². The summed E-state index contributed by atoms with van der Waals surface area (Å²) in [6.07, 6.45) is 0.507. The first-order valence-corrected chi connectivity index (χ1v) is 21.1. The van der Waals surface area contributed by atoms with Crippen LogP contribution in [0.2, 0.25) is 20.1 Å². The number of halogens is 4. The molecule has 0 aliphatic carbocycles. The Labute approximate surface area is 374 Å². The van der Waals surface area contributed by atoms with E-state index >= 15 is 0 Å². The standard InChI is InChI=1S/C19H22ClNO2.C17H17ClO2.C14H12Cl2O/c1-4-21(5-2)19(22)15-8-11-18(16(12-15)13-23-3)14-6-9-17(20)10-7-14;1-3-17(19)13-6-9-16(14(10-13)11-20-2)12-4-7-15(18)8-5-12;1-17-9-11-8-13(16)6-7-14(11)10-2-4-12(15)5-3-10/h6-12H,4-5,13H2,1-3H3;4-10H,3,11H2,1-2H3;2-8H,9H2,1H3. The van der Waals surface area contributed by atoms with Gasteiger partial charge < -0.3 is 19.1 Å². The fraction of sp³-hybridized carbons (Fsp3) is 0.240. The van der Waals surface area contributed by atoms with Gasteiger partial charge in [0.05, 0.1) is 19.8 Å². The number of carbonyl (C=O) groups excluding carboxylic acids is 2. The van der Waals surface area contributed by atoms with E-state index in [-0.39, 0.29) is 11.7 Å². The first-order valence-electron chi connectivity index (χ1n) is 19.6. The van der Waals surface area contributed by atoms with Crippen LogP contribution in [0.25, 0.3) is 33.4 Å². The summed E-state index contributed by atoms with van der Waals surface area (Å²) in [4.78, 5) is 26.1. The lowest BCUT2D eigenvalue weighted by molar-refractivity contribution is 0.0772. The first kappa shape index (κ1) is 48.2. The van der Waals surface area contributed by atoms with Gasteiger partial charge in [-0.2, -0.15) is 0 Å². The summed E-state index contributed by atoms with van der Waals surface area (Å²) >= 11 is 23.7. The average Bonchev–Trinajstić information content (AvgIpc) is 3.26. The number of nitrogens with zero attached hydrogens (tertiary/aromatic N) is 1. The molecule has 10 heteroatoms. The van der Waals surface area contributed by atoms with Gasteiger partial charge in [-0.15, -0.1) is 0 Å². The minimum absolute atomic E-state index is 0.0509. The third kappa shape index (κ3) is 13.8. The predicted molar refractivity (Wildman–Crippen MR) is 250 cm³/mol. The number of hydrogen-bond acceptors (Lipinski definition) is 5. The van der Waals surface area contributed by atoms with Gasteiger partial charge in [-0.25, -0.2) is 0 Å². The van der Waals surface area contributed by atoms with Crippen LogP contribution in [0.15, 0.2) is 127 Å². The third-order valence-corrected chi connectivity index (χ3v) is 10.6. The van der Waals surface area contributed by atoms with Gasteiger partial charge in [0.2, 0.25) is 0 Å². The zero-order chi connectivity index (χ0) is 43.6. The maximum atomic E-state index is 12.5. The number of hydrogen-bond donors (Lipinski definition) is 0. The Morgan fingerprint density at radius 2 is 0.783 bits per heavy atom. The van der Waals surface area contributed by atoms with E-state index in [0.717, 1.165) is 65.7 Å². The smallest absolute Gasteiger partial charge is 0.253 e. The van der Waals surface area contributed by atoms with Crippen LogP contribution in [0, 0.1) is 0 Å². The van der Waals surface area contributed by atoms with Gasteiger partial charge >= 0.3 is 0 Å². The zero-order valence-electron chi connectivity index (χ0n) is 34.9. The molecule has 1 amide bonds. The topological polar surface area (TPSA) is 65.1 Å². The lowest BCUT2D eigenvalue weighted by Gasteiger charge is -2.20. The summed E-state index contributed by atoms with van der Waals surface area (Å²) in [6.45, 7) is 8.71. The van der Waals surface area contributed by atoms with Crippen LogP contribution in [0.3, 0.4) is 0 Å². The van der Waals surface area contributed by atoms with Crippen molar-refractivity contribution in [3.8, 4) is 33.4 Å². The largest absolute Gasteiger partial charge is 0.380 e. The van der Waals surface area contributed by atoms with Crippen LogP contribution < -0.4 is 0 Å². The molecule has 0 aliphatic heterocycles. The number of ether oxygens (including phenoxy) is 3. The second-order valence-corrected chi connectivity index (χ2v) is 15.4. The van der Waals surface area contributed by atoms with Crippen LogP contribution >= 0.6 is 46.4 Å². The van der Waals surface area contributed by atoms with Crippen LogP contribution in [0.1, 0.15) is 64.6 Å². The van der Waals surface area contributed by atoms with E-state index in [4.69, 9.17) is 60.6 Å². The van der Waals surface area contributed by atoms with Crippen molar-refractivity contribution in [2.45, 2.75) is 47.0 Å². The van der Waals surface area contributed by atoms with Gasteiger partial charge in [0.25, 0.3) is 5.91 Å². The van der Waals surface area contributed by atoms with Gasteiger partial charge in [0.15, 0.2) is 5.78 Å². The molecule has 0 radical (unpaired) electrons. The third-order valence-electron chi connectivity index (χ3n) is 9.58. The number of amides is 1. The zero-order valence-corrected chi connectivity index (χ0v) is 37.9. The molecule has 0 heterocycles. The van der Waals surface area contributed by atoms with Crippen LogP contribution in [0.4, 0.5) is 0 Å². The fourth-order valence-electron chi connectivity index (χ4n) is 6.51. The van der Waals surface area contributed by atoms with Crippen molar-refractivity contribution in [3.63, 3.8) is 0 Å². The van der Waals surface area contributed by atoms with Gasteiger partial charge in [-0.1, -0.05) is 114 Å². The van der Waals surface area contributed by atoms with E-state index in [1.165, 1.54) is 0 Å². The Hall–Kier alpha value is -4.50. The predicted octanol–water partition coefficient (Wildman–Crippen LogP) is 14.2. The molecule has 0 aliphatic rings.